The number of alkyl carbamates (subject to hydrolysis) is 1. The van der Waals surface area contributed by atoms with Gasteiger partial charge in [-0.05, 0) is 51.8 Å². The number of amides is 1. The van der Waals surface area contributed by atoms with Crippen molar-refractivity contribution in [2.45, 2.75) is 45.3 Å². The second-order valence-corrected chi connectivity index (χ2v) is 7.41. The minimum atomic E-state index is -0.496. The molecule has 0 saturated carbocycles. The first kappa shape index (κ1) is 17.3. The molecule has 1 aromatic carbocycles. The van der Waals surface area contributed by atoms with E-state index in [-0.39, 0.29) is 12.1 Å². The number of anilines is 2. The first-order valence-corrected chi connectivity index (χ1v) is 8.57. The molecule has 1 aliphatic rings. The monoisotopic (exact) mass is 343 g/mol. The Hall–Kier alpha value is -2.57. The molecular formula is C18H25N5O2. The van der Waals surface area contributed by atoms with Crippen molar-refractivity contribution in [2.24, 2.45) is 0 Å². The summed E-state index contributed by atoms with van der Waals surface area (Å²) in [4.78, 5) is 23.3. The highest BCUT2D eigenvalue weighted by molar-refractivity contribution is 5.79. The van der Waals surface area contributed by atoms with Gasteiger partial charge in [0.25, 0.3) is 0 Å². The summed E-state index contributed by atoms with van der Waals surface area (Å²) in [5, 5.41) is 2.95. The van der Waals surface area contributed by atoms with E-state index in [4.69, 9.17) is 10.5 Å². The molecule has 1 amide bonds. The summed E-state index contributed by atoms with van der Waals surface area (Å²) in [5.41, 5.74) is 7.56. The van der Waals surface area contributed by atoms with Crippen LogP contribution in [0.5, 0.6) is 0 Å². The molecule has 1 aromatic heterocycles. The molecule has 1 atom stereocenters. The normalized spacial score (nSPS) is 18.2. The number of carbonyl (C=O) groups is 1. The van der Waals surface area contributed by atoms with Gasteiger partial charge < -0.3 is 20.7 Å². The fourth-order valence-electron chi connectivity index (χ4n) is 2.95. The van der Waals surface area contributed by atoms with Crippen molar-refractivity contribution in [1.82, 2.24) is 15.3 Å². The van der Waals surface area contributed by atoms with Gasteiger partial charge >= 0.3 is 6.09 Å². The minimum Gasteiger partial charge on any atom is -0.444 e. The van der Waals surface area contributed by atoms with Crippen molar-refractivity contribution in [1.29, 1.82) is 0 Å². The minimum absolute atomic E-state index is 0.0347. The Bertz CT molecular complexity index is 772. The van der Waals surface area contributed by atoms with Crippen LogP contribution in [0.2, 0.25) is 0 Å². The average Bonchev–Trinajstić information content (AvgIpc) is 2.52. The highest BCUT2D eigenvalue weighted by atomic mass is 16.6. The molecule has 0 aliphatic carbocycles. The van der Waals surface area contributed by atoms with Gasteiger partial charge in [-0.2, -0.15) is 0 Å². The van der Waals surface area contributed by atoms with E-state index in [9.17, 15) is 4.79 Å². The first-order valence-electron chi connectivity index (χ1n) is 8.57. The van der Waals surface area contributed by atoms with Gasteiger partial charge in [0.05, 0.1) is 17.2 Å². The fourth-order valence-corrected chi connectivity index (χ4v) is 2.95. The number of benzene rings is 1. The molecule has 3 N–H and O–H groups in total. The Labute approximate surface area is 147 Å². The Morgan fingerprint density at radius 3 is 2.92 bits per heavy atom. The smallest absolute Gasteiger partial charge is 0.407 e. The molecular weight excluding hydrogens is 318 g/mol. The molecule has 0 radical (unpaired) electrons. The predicted octanol–water partition coefficient (Wildman–Crippen LogP) is 2.71. The van der Waals surface area contributed by atoms with Crippen LogP contribution >= 0.6 is 0 Å². The van der Waals surface area contributed by atoms with Crippen molar-refractivity contribution >= 4 is 28.6 Å². The number of aromatic nitrogens is 2. The number of nitrogens with two attached hydrogens (primary N) is 1. The number of hydrogen-bond acceptors (Lipinski definition) is 6. The number of nitrogen functional groups attached to an aromatic ring is 1. The van der Waals surface area contributed by atoms with Crippen molar-refractivity contribution in [3.8, 4) is 0 Å². The summed E-state index contributed by atoms with van der Waals surface area (Å²) in [6.45, 7) is 7.15. The number of carbonyl (C=O) groups excluding carboxylic acids is 1. The summed E-state index contributed by atoms with van der Waals surface area (Å²) >= 11 is 0. The molecule has 0 bridgehead atoms. The zero-order valence-electron chi connectivity index (χ0n) is 15.0. The van der Waals surface area contributed by atoms with E-state index in [1.54, 1.807) is 6.20 Å². The predicted molar refractivity (Wildman–Crippen MR) is 98.6 cm³/mol. The van der Waals surface area contributed by atoms with Gasteiger partial charge in [-0.15, -0.1) is 0 Å². The second kappa shape index (κ2) is 6.74. The van der Waals surface area contributed by atoms with Crippen LogP contribution < -0.4 is 16.0 Å². The van der Waals surface area contributed by atoms with Crippen molar-refractivity contribution in [2.75, 3.05) is 23.7 Å². The van der Waals surface area contributed by atoms with Crippen molar-refractivity contribution in [3.63, 3.8) is 0 Å². The van der Waals surface area contributed by atoms with Crippen LogP contribution in [0.25, 0.3) is 11.0 Å². The third-order valence-electron chi connectivity index (χ3n) is 4.02. The SMILES string of the molecule is CC(C)(C)OC(=O)N[C@H]1CCCN(c2cnc3cc(N)ccc3n2)C1. The zero-order valence-corrected chi connectivity index (χ0v) is 15.0. The number of nitrogens with zero attached hydrogens (tertiary/aromatic N) is 3. The number of fused-ring (bicyclic) bond motifs is 1. The summed E-state index contributed by atoms with van der Waals surface area (Å²) in [7, 11) is 0. The lowest BCUT2D eigenvalue weighted by Crippen LogP contribution is -2.49. The summed E-state index contributed by atoms with van der Waals surface area (Å²) in [6.07, 6.45) is 3.28. The van der Waals surface area contributed by atoms with Gasteiger partial charge in [-0.25, -0.2) is 9.78 Å². The summed E-state index contributed by atoms with van der Waals surface area (Å²) in [6, 6.07) is 5.55. The van der Waals surface area contributed by atoms with E-state index in [0.717, 1.165) is 36.2 Å². The first-order chi connectivity index (χ1) is 11.8. The lowest BCUT2D eigenvalue weighted by molar-refractivity contribution is 0.0500. The molecule has 7 nitrogen and oxygen atoms in total. The Morgan fingerprint density at radius 2 is 2.16 bits per heavy atom. The zero-order chi connectivity index (χ0) is 18.0. The maximum absolute atomic E-state index is 12.0. The van der Waals surface area contributed by atoms with Crippen molar-refractivity contribution < 1.29 is 9.53 Å². The number of ether oxygens (including phenoxy) is 1. The van der Waals surface area contributed by atoms with Crippen LogP contribution in [0.15, 0.2) is 24.4 Å². The maximum atomic E-state index is 12.0. The number of piperidine rings is 1. The van der Waals surface area contributed by atoms with Gasteiger partial charge in [0.1, 0.15) is 11.4 Å². The molecule has 0 spiro atoms. The number of rotatable bonds is 2. The van der Waals surface area contributed by atoms with E-state index in [0.29, 0.717) is 12.2 Å². The van der Waals surface area contributed by atoms with Crippen LogP contribution in [0, 0.1) is 0 Å². The Morgan fingerprint density at radius 1 is 1.36 bits per heavy atom. The lowest BCUT2D eigenvalue weighted by atomic mass is 10.1. The highest BCUT2D eigenvalue weighted by Crippen LogP contribution is 2.21. The molecule has 1 saturated heterocycles. The van der Waals surface area contributed by atoms with Crippen LogP contribution in [0.3, 0.4) is 0 Å². The van der Waals surface area contributed by atoms with E-state index in [2.05, 4.69) is 20.2 Å². The van der Waals surface area contributed by atoms with E-state index in [1.165, 1.54) is 0 Å². The Kier molecular flexibility index (Phi) is 4.65. The van der Waals surface area contributed by atoms with Crippen LogP contribution in [0.4, 0.5) is 16.3 Å². The fraction of sp³-hybridized carbons (Fsp3) is 0.500. The molecule has 3 rings (SSSR count). The van der Waals surface area contributed by atoms with Crippen LogP contribution in [-0.2, 0) is 4.74 Å². The van der Waals surface area contributed by atoms with Gasteiger partial charge in [0.15, 0.2) is 0 Å². The largest absolute Gasteiger partial charge is 0.444 e. The molecule has 1 aliphatic heterocycles. The summed E-state index contributed by atoms with van der Waals surface area (Å²) in [5.74, 6) is 0.813. The second-order valence-electron chi connectivity index (χ2n) is 7.41. The maximum Gasteiger partial charge on any atom is 0.407 e. The third kappa shape index (κ3) is 4.49. The Balaban J connectivity index is 1.69. The van der Waals surface area contributed by atoms with Gasteiger partial charge in [0.2, 0.25) is 0 Å². The molecule has 2 heterocycles. The lowest BCUT2D eigenvalue weighted by Gasteiger charge is -2.34. The highest BCUT2D eigenvalue weighted by Gasteiger charge is 2.25. The van der Waals surface area contributed by atoms with E-state index < -0.39 is 5.60 Å². The summed E-state index contributed by atoms with van der Waals surface area (Å²) < 4.78 is 5.34. The quantitative estimate of drug-likeness (QED) is 0.814. The topological polar surface area (TPSA) is 93.4 Å². The number of nitrogens with one attached hydrogen (secondary N) is 1. The molecule has 1 fully saturated rings. The molecule has 25 heavy (non-hydrogen) atoms. The van der Waals surface area contributed by atoms with Gasteiger partial charge in [-0.3, -0.25) is 4.98 Å². The standard InChI is InChI=1S/C18H25N5O2/c1-18(2,3)25-17(24)21-13-5-4-8-23(11-13)16-10-20-15-9-12(19)6-7-14(15)22-16/h6-7,9-10,13H,4-5,8,11,19H2,1-3H3,(H,21,24)/t13-/m0/s1. The average molecular weight is 343 g/mol. The van der Waals surface area contributed by atoms with E-state index >= 15 is 0 Å². The van der Waals surface area contributed by atoms with E-state index in [1.807, 2.05) is 39.0 Å². The molecule has 134 valence electrons. The van der Waals surface area contributed by atoms with Crippen LogP contribution in [-0.4, -0.2) is 40.8 Å². The van der Waals surface area contributed by atoms with Gasteiger partial charge in [0, 0.05) is 24.8 Å². The molecule has 2 aromatic rings. The van der Waals surface area contributed by atoms with Crippen LogP contribution in [0.1, 0.15) is 33.6 Å². The molecule has 7 heteroatoms. The molecule has 0 unspecified atom stereocenters. The number of hydrogen-bond donors (Lipinski definition) is 2. The van der Waals surface area contributed by atoms with Crippen molar-refractivity contribution in [3.05, 3.63) is 24.4 Å². The van der Waals surface area contributed by atoms with Gasteiger partial charge in [-0.1, -0.05) is 0 Å². The third-order valence-corrected chi connectivity index (χ3v) is 4.02.